The Balaban J connectivity index is 2.50. The van der Waals surface area contributed by atoms with Crippen LogP contribution in [0.3, 0.4) is 0 Å². The van der Waals surface area contributed by atoms with Crippen LogP contribution in [0.15, 0.2) is 23.1 Å². The molecule has 1 fully saturated rings. The van der Waals surface area contributed by atoms with E-state index >= 15 is 0 Å². The minimum atomic E-state index is -3.69. The molecule has 1 unspecified atom stereocenters. The molecule has 1 amide bonds. The van der Waals surface area contributed by atoms with Crippen LogP contribution in [-0.2, 0) is 10.0 Å². The minimum absolute atomic E-state index is 0.0462. The zero-order chi connectivity index (χ0) is 16.3. The van der Waals surface area contributed by atoms with Crippen LogP contribution in [0.2, 0.25) is 0 Å². The quantitative estimate of drug-likeness (QED) is 0.912. The fourth-order valence-electron chi connectivity index (χ4n) is 2.72. The SMILES string of the molecule is CNC(=O)c1ccc(OC)c(S(=O)(=O)N2CCCCC2C)c1. The second-order valence-electron chi connectivity index (χ2n) is 5.41. The molecule has 122 valence electrons. The predicted octanol–water partition coefficient (Wildman–Crippen LogP) is 1.62. The smallest absolute Gasteiger partial charge is 0.251 e. The number of rotatable bonds is 4. The fourth-order valence-corrected chi connectivity index (χ4v) is 4.60. The molecule has 0 radical (unpaired) electrons. The monoisotopic (exact) mass is 326 g/mol. The summed E-state index contributed by atoms with van der Waals surface area (Å²) in [6.07, 6.45) is 2.72. The molecule has 0 saturated carbocycles. The number of benzene rings is 1. The summed E-state index contributed by atoms with van der Waals surface area (Å²) < 4.78 is 32.6. The van der Waals surface area contributed by atoms with Crippen molar-refractivity contribution in [3.05, 3.63) is 23.8 Å². The van der Waals surface area contributed by atoms with Gasteiger partial charge in [0, 0.05) is 25.2 Å². The van der Waals surface area contributed by atoms with E-state index in [9.17, 15) is 13.2 Å². The van der Waals surface area contributed by atoms with Crippen molar-refractivity contribution >= 4 is 15.9 Å². The minimum Gasteiger partial charge on any atom is -0.495 e. The second kappa shape index (κ2) is 6.66. The first-order chi connectivity index (χ1) is 10.4. The van der Waals surface area contributed by atoms with E-state index in [0.717, 1.165) is 19.3 Å². The number of methoxy groups -OCH3 is 1. The van der Waals surface area contributed by atoms with Gasteiger partial charge < -0.3 is 10.1 Å². The molecule has 1 N–H and O–H groups in total. The largest absolute Gasteiger partial charge is 0.495 e. The van der Waals surface area contributed by atoms with Gasteiger partial charge in [-0.25, -0.2) is 8.42 Å². The maximum Gasteiger partial charge on any atom is 0.251 e. The molecule has 0 aliphatic carbocycles. The molecule has 22 heavy (non-hydrogen) atoms. The van der Waals surface area contributed by atoms with Gasteiger partial charge in [0.15, 0.2) is 0 Å². The van der Waals surface area contributed by atoms with Crippen molar-refractivity contribution in [2.45, 2.75) is 37.1 Å². The average Bonchev–Trinajstić information content (AvgIpc) is 2.53. The van der Waals surface area contributed by atoms with Gasteiger partial charge in [0.05, 0.1) is 7.11 Å². The van der Waals surface area contributed by atoms with E-state index in [4.69, 9.17) is 4.74 Å². The normalized spacial score (nSPS) is 19.7. The lowest BCUT2D eigenvalue weighted by atomic mass is 10.1. The molecule has 0 bridgehead atoms. The Kier molecular flexibility index (Phi) is 5.08. The lowest BCUT2D eigenvalue weighted by molar-refractivity contribution is 0.0963. The number of nitrogens with one attached hydrogen (secondary N) is 1. The van der Waals surface area contributed by atoms with E-state index in [2.05, 4.69) is 5.32 Å². The summed E-state index contributed by atoms with van der Waals surface area (Å²) >= 11 is 0. The number of piperidine rings is 1. The number of ether oxygens (including phenoxy) is 1. The lowest BCUT2D eigenvalue weighted by Crippen LogP contribution is -2.42. The maximum atomic E-state index is 13.0. The van der Waals surface area contributed by atoms with Gasteiger partial charge in [-0.2, -0.15) is 4.31 Å². The summed E-state index contributed by atoms with van der Waals surface area (Å²) in [6.45, 7) is 2.41. The molecule has 1 atom stereocenters. The van der Waals surface area contributed by atoms with Crippen LogP contribution in [-0.4, -0.2) is 45.4 Å². The van der Waals surface area contributed by atoms with Gasteiger partial charge in [-0.15, -0.1) is 0 Å². The molecule has 0 spiro atoms. The molecule has 6 nitrogen and oxygen atoms in total. The highest BCUT2D eigenvalue weighted by Crippen LogP contribution is 2.31. The third-order valence-corrected chi connectivity index (χ3v) is 6.02. The zero-order valence-electron chi connectivity index (χ0n) is 13.1. The average molecular weight is 326 g/mol. The van der Waals surface area contributed by atoms with E-state index < -0.39 is 10.0 Å². The highest BCUT2D eigenvalue weighted by atomic mass is 32.2. The van der Waals surface area contributed by atoms with Crippen molar-refractivity contribution < 1.29 is 17.9 Å². The first-order valence-electron chi connectivity index (χ1n) is 7.33. The van der Waals surface area contributed by atoms with E-state index in [0.29, 0.717) is 12.1 Å². The standard InChI is InChI=1S/C15H22N2O4S/c1-11-6-4-5-9-17(11)22(19,20)14-10-12(15(18)16-2)7-8-13(14)21-3/h7-8,10-11H,4-6,9H2,1-3H3,(H,16,18). The number of hydrogen-bond acceptors (Lipinski definition) is 4. The molecular weight excluding hydrogens is 304 g/mol. The van der Waals surface area contributed by atoms with Crippen LogP contribution in [0, 0.1) is 0 Å². The van der Waals surface area contributed by atoms with Crippen LogP contribution >= 0.6 is 0 Å². The lowest BCUT2D eigenvalue weighted by Gasteiger charge is -2.32. The molecule has 1 aromatic carbocycles. The number of amides is 1. The van der Waals surface area contributed by atoms with E-state index in [1.54, 1.807) is 6.07 Å². The van der Waals surface area contributed by atoms with Crippen molar-refractivity contribution in [2.24, 2.45) is 0 Å². The van der Waals surface area contributed by atoms with E-state index in [1.165, 1.54) is 30.6 Å². The number of sulfonamides is 1. The molecule has 1 saturated heterocycles. The second-order valence-corrected chi connectivity index (χ2v) is 7.26. The van der Waals surface area contributed by atoms with Gasteiger partial charge in [-0.1, -0.05) is 6.42 Å². The van der Waals surface area contributed by atoms with Gasteiger partial charge in [-0.3, -0.25) is 4.79 Å². The molecule has 1 aromatic rings. The van der Waals surface area contributed by atoms with Gasteiger partial charge in [0.1, 0.15) is 10.6 Å². The number of hydrogen-bond donors (Lipinski definition) is 1. The van der Waals surface area contributed by atoms with E-state index in [1.807, 2.05) is 6.92 Å². The van der Waals surface area contributed by atoms with E-state index in [-0.39, 0.29) is 22.6 Å². The Morgan fingerprint density at radius 2 is 2.09 bits per heavy atom. The Bertz CT molecular complexity index is 658. The first kappa shape index (κ1) is 16.8. The molecular formula is C15H22N2O4S. The maximum absolute atomic E-state index is 13.0. The first-order valence-corrected chi connectivity index (χ1v) is 8.77. The van der Waals surface area contributed by atoms with Crippen molar-refractivity contribution in [1.29, 1.82) is 0 Å². The summed E-state index contributed by atoms with van der Waals surface area (Å²) in [5.74, 6) is -0.0729. The third kappa shape index (κ3) is 3.10. The molecule has 0 aromatic heterocycles. The fraction of sp³-hybridized carbons (Fsp3) is 0.533. The van der Waals surface area contributed by atoms with Crippen molar-refractivity contribution in [3.8, 4) is 5.75 Å². The highest BCUT2D eigenvalue weighted by molar-refractivity contribution is 7.89. The Morgan fingerprint density at radius 3 is 2.68 bits per heavy atom. The summed E-state index contributed by atoms with van der Waals surface area (Å²) in [6, 6.07) is 4.41. The molecule has 2 rings (SSSR count). The molecule has 1 aliphatic heterocycles. The van der Waals surface area contributed by atoms with Crippen LogP contribution < -0.4 is 10.1 Å². The summed E-state index contributed by atoms with van der Waals surface area (Å²) in [5.41, 5.74) is 0.298. The topological polar surface area (TPSA) is 75.7 Å². The predicted molar refractivity (Wildman–Crippen MR) is 83.6 cm³/mol. The third-order valence-electron chi connectivity index (χ3n) is 3.98. The molecule has 1 aliphatic rings. The molecule has 7 heteroatoms. The number of carbonyl (C=O) groups is 1. The summed E-state index contributed by atoms with van der Waals surface area (Å²) in [5, 5.41) is 2.50. The summed E-state index contributed by atoms with van der Waals surface area (Å²) in [4.78, 5) is 11.8. The highest BCUT2D eigenvalue weighted by Gasteiger charge is 2.33. The van der Waals surface area contributed by atoms with Crippen molar-refractivity contribution in [1.82, 2.24) is 9.62 Å². The zero-order valence-corrected chi connectivity index (χ0v) is 13.9. The van der Waals surface area contributed by atoms with Crippen molar-refractivity contribution in [3.63, 3.8) is 0 Å². The van der Waals surface area contributed by atoms with Crippen LogP contribution in [0.5, 0.6) is 5.75 Å². The Labute approximate surface area is 131 Å². The van der Waals surface area contributed by atoms with Crippen LogP contribution in [0.4, 0.5) is 0 Å². The van der Waals surface area contributed by atoms with Gasteiger partial charge in [-0.05, 0) is 38.0 Å². The van der Waals surface area contributed by atoms with Gasteiger partial charge in [0.2, 0.25) is 10.0 Å². The molecule has 1 heterocycles. The summed E-state index contributed by atoms with van der Waals surface area (Å²) in [7, 11) is -0.758. The Hall–Kier alpha value is -1.60. The number of carbonyl (C=O) groups excluding carboxylic acids is 1. The number of nitrogens with zero attached hydrogens (tertiary/aromatic N) is 1. The van der Waals surface area contributed by atoms with Crippen molar-refractivity contribution in [2.75, 3.05) is 20.7 Å². The van der Waals surface area contributed by atoms with Gasteiger partial charge >= 0.3 is 0 Å². The van der Waals surface area contributed by atoms with Gasteiger partial charge in [0.25, 0.3) is 5.91 Å². The Morgan fingerprint density at radius 1 is 1.36 bits per heavy atom. The van der Waals surface area contributed by atoms with Crippen LogP contribution in [0.25, 0.3) is 0 Å². The van der Waals surface area contributed by atoms with Crippen LogP contribution in [0.1, 0.15) is 36.5 Å².